The van der Waals surface area contributed by atoms with E-state index in [9.17, 15) is 9.59 Å². The van der Waals surface area contributed by atoms with Gasteiger partial charge < -0.3 is 15.4 Å². The summed E-state index contributed by atoms with van der Waals surface area (Å²) in [6.07, 6.45) is 6.92. The number of pyridine rings is 2. The predicted molar refractivity (Wildman–Crippen MR) is 88.5 cm³/mol. The Bertz CT molecular complexity index is 677. The van der Waals surface area contributed by atoms with Crippen molar-refractivity contribution in [2.45, 2.75) is 13.0 Å². The van der Waals surface area contributed by atoms with Crippen LogP contribution in [0.25, 0.3) is 0 Å². The molecule has 0 saturated carbocycles. The first-order chi connectivity index (χ1) is 11.7. The third-order valence-corrected chi connectivity index (χ3v) is 3.28. The Hall–Kier alpha value is -2.80. The van der Waals surface area contributed by atoms with Crippen LogP contribution in [0.5, 0.6) is 0 Å². The van der Waals surface area contributed by atoms with Crippen LogP contribution in [0.2, 0.25) is 0 Å². The van der Waals surface area contributed by atoms with Crippen molar-refractivity contribution in [3.8, 4) is 0 Å². The van der Waals surface area contributed by atoms with Gasteiger partial charge in [-0.3, -0.25) is 19.6 Å². The molecule has 2 heterocycles. The van der Waals surface area contributed by atoms with Gasteiger partial charge in [0.15, 0.2) is 0 Å². The summed E-state index contributed by atoms with van der Waals surface area (Å²) in [5.41, 5.74) is 1.64. The summed E-state index contributed by atoms with van der Waals surface area (Å²) in [6.45, 7) is 1.47. The summed E-state index contributed by atoms with van der Waals surface area (Å²) >= 11 is 0. The number of amides is 2. The number of ether oxygens (including phenoxy) is 1. The first-order valence-corrected chi connectivity index (χ1v) is 7.60. The summed E-state index contributed by atoms with van der Waals surface area (Å²) in [5.74, 6) is -0.546. The number of nitrogens with zero attached hydrogens (tertiary/aromatic N) is 2. The van der Waals surface area contributed by atoms with Crippen molar-refractivity contribution in [1.29, 1.82) is 0 Å². The molecule has 0 aromatic carbocycles. The fraction of sp³-hybridized carbons (Fsp3) is 0.294. The topological polar surface area (TPSA) is 93.2 Å². The van der Waals surface area contributed by atoms with Gasteiger partial charge in [0.05, 0.1) is 11.1 Å². The molecule has 2 amide bonds. The normalized spacial score (nSPS) is 10.2. The van der Waals surface area contributed by atoms with Crippen LogP contribution in [-0.4, -0.2) is 42.0 Å². The Morgan fingerprint density at radius 1 is 1.04 bits per heavy atom. The molecule has 0 spiro atoms. The van der Waals surface area contributed by atoms with Crippen molar-refractivity contribution in [3.63, 3.8) is 0 Å². The van der Waals surface area contributed by atoms with E-state index in [0.717, 1.165) is 12.0 Å². The average Bonchev–Trinajstić information content (AvgIpc) is 2.64. The molecule has 0 aliphatic rings. The quantitative estimate of drug-likeness (QED) is 0.710. The summed E-state index contributed by atoms with van der Waals surface area (Å²) in [5, 5.41) is 5.55. The highest BCUT2D eigenvalue weighted by molar-refractivity contribution is 5.99. The number of hydrogen-bond acceptors (Lipinski definition) is 5. The lowest BCUT2D eigenvalue weighted by Crippen LogP contribution is -2.27. The minimum Gasteiger partial charge on any atom is -0.385 e. The zero-order valence-corrected chi connectivity index (χ0v) is 13.5. The van der Waals surface area contributed by atoms with E-state index in [4.69, 9.17) is 4.74 Å². The van der Waals surface area contributed by atoms with E-state index in [1.807, 2.05) is 12.1 Å². The molecule has 2 rings (SSSR count). The number of carbonyl (C=O) groups excluding carboxylic acids is 2. The number of hydrogen-bond donors (Lipinski definition) is 2. The fourth-order valence-electron chi connectivity index (χ4n) is 1.99. The minimum absolute atomic E-state index is 0.262. The van der Waals surface area contributed by atoms with Crippen molar-refractivity contribution in [2.24, 2.45) is 0 Å². The van der Waals surface area contributed by atoms with Gasteiger partial charge in [-0.2, -0.15) is 0 Å². The molecule has 7 heteroatoms. The van der Waals surface area contributed by atoms with E-state index in [1.165, 1.54) is 18.5 Å². The van der Waals surface area contributed by atoms with Gasteiger partial charge >= 0.3 is 0 Å². The van der Waals surface area contributed by atoms with Crippen LogP contribution >= 0.6 is 0 Å². The van der Waals surface area contributed by atoms with Crippen LogP contribution in [-0.2, 0) is 11.3 Å². The van der Waals surface area contributed by atoms with Crippen molar-refractivity contribution < 1.29 is 14.3 Å². The molecule has 0 bridgehead atoms. The molecule has 2 N–H and O–H groups in total. The van der Waals surface area contributed by atoms with Crippen molar-refractivity contribution in [2.75, 3.05) is 20.3 Å². The monoisotopic (exact) mass is 328 g/mol. The second-order valence-corrected chi connectivity index (χ2v) is 5.10. The van der Waals surface area contributed by atoms with Crippen molar-refractivity contribution in [3.05, 3.63) is 59.7 Å². The van der Waals surface area contributed by atoms with Gasteiger partial charge in [0.2, 0.25) is 0 Å². The zero-order valence-electron chi connectivity index (χ0n) is 13.5. The molecule has 0 atom stereocenters. The van der Waals surface area contributed by atoms with Gasteiger partial charge in [0, 0.05) is 51.6 Å². The SMILES string of the molecule is COCCCNC(=O)c1cncc(C(=O)NCc2ccncc2)c1. The lowest BCUT2D eigenvalue weighted by molar-refractivity contribution is 0.0948. The number of methoxy groups -OCH3 is 1. The second-order valence-electron chi connectivity index (χ2n) is 5.10. The summed E-state index contributed by atoms with van der Waals surface area (Å²) in [6, 6.07) is 5.17. The second kappa shape index (κ2) is 9.36. The lowest BCUT2D eigenvalue weighted by Gasteiger charge is -2.07. The van der Waals surface area contributed by atoms with E-state index in [0.29, 0.717) is 30.8 Å². The number of nitrogens with one attached hydrogen (secondary N) is 2. The zero-order chi connectivity index (χ0) is 17.2. The van der Waals surface area contributed by atoms with E-state index in [1.54, 1.807) is 19.5 Å². The maximum absolute atomic E-state index is 12.2. The standard InChI is InChI=1S/C17H20N4O3/c1-24-8-2-5-20-16(22)14-9-15(12-19-11-14)17(23)21-10-13-3-6-18-7-4-13/h3-4,6-7,9,11-12H,2,5,8,10H2,1H3,(H,20,22)(H,21,23). The van der Waals surface area contributed by atoms with Crippen LogP contribution in [0.1, 0.15) is 32.7 Å². The highest BCUT2D eigenvalue weighted by Crippen LogP contribution is 2.04. The third-order valence-electron chi connectivity index (χ3n) is 3.28. The van der Waals surface area contributed by atoms with Crippen molar-refractivity contribution >= 4 is 11.8 Å². The Kier molecular flexibility index (Phi) is 6.85. The third kappa shape index (κ3) is 5.44. The van der Waals surface area contributed by atoms with Crippen LogP contribution in [0.4, 0.5) is 0 Å². The predicted octanol–water partition coefficient (Wildman–Crippen LogP) is 1.17. The Balaban J connectivity index is 1.91. The van der Waals surface area contributed by atoms with Gasteiger partial charge in [-0.25, -0.2) is 0 Å². The van der Waals surface area contributed by atoms with Gasteiger partial charge in [0.1, 0.15) is 0 Å². The number of carbonyl (C=O) groups is 2. The molecule has 0 unspecified atom stereocenters. The van der Waals surface area contributed by atoms with E-state index >= 15 is 0 Å². The van der Waals surface area contributed by atoms with Crippen LogP contribution in [0, 0.1) is 0 Å². The van der Waals surface area contributed by atoms with Gasteiger partial charge in [-0.15, -0.1) is 0 Å². The highest BCUT2D eigenvalue weighted by atomic mass is 16.5. The van der Waals surface area contributed by atoms with Gasteiger partial charge in [-0.1, -0.05) is 0 Å². The molecule has 126 valence electrons. The van der Waals surface area contributed by atoms with Crippen LogP contribution in [0.15, 0.2) is 43.0 Å². The Morgan fingerprint density at radius 3 is 2.38 bits per heavy atom. The molecule has 0 aliphatic carbocycles. The maximum atomic E-state index is 12.2. The molecule has 0 saturated heterocycles. The van der Waals surface area contributed by atoms with E-state index in [-0.39, 0.29) is 11.8 Å². The molecule has 0 aliphatic heterocycles. The smallest absolute Gasteiger partial charge is 0.253 e. The minimum atomic E-state index is -0.284. The summed E-state index contributed by atoms with van der Waals surface area (Å²) in [7, 11) is 1.61. The molecule has 2 aromatic heterocycles. The van der Waals surface area contributed by atoms with Crippen LogP contribution in [0.3, 0.4) is 0 Å². The number of rotatable bonds is 8. The summed E-state index contributed by atoms with van der Waals surface area (Å²) < 4.78 is 4.92. The molecule has 7 nitrogen and oxygen atoms in total. The van der Waals surface area contributed by atoms with E-state index in [2.05, 4.69) is 20.6 Å². The fourth-order valence-corrected chi connectivity index (χ4v) is 1.99. The maximum Gasteiger partial charge on any atom is 0.253 e. The molecule has 0 fully saturated rings. The largest absolute Gasteiger partial charge is 0.385 e. The molecular weight excluding hydrogens is 308 g/mol. The Morgan fingerprint density at radius 2 is 1.71 bits per heavy atom. The first kappa shape index (κ1) is 17.6. The lowest BCUT2D eigenvalue weighted by atomic mass is 10.1. The van der Waals surface area contributed by atoms with E-state index < -0.39 is 0 Å². The van der Waals surface area contributed by atoms with Crippen molar-refractivity contribution in [1.82, 2.24) is 20.6 Å². The molecule has 2 aromatic rings. The van der Waals surface area contributed by atoms with Gasteiger partial charge in [0.25, 0.3) is 11.8 Å². The highest BCUT2D eigenvalue weighted by Gasteiger charge is 2.11. The molecule has 0 radical (unpaired) electrons. The first-order valence-electron chi connectivity index (χ1n) is 7.60. The average molecular weight is 328 g/mol. The molecular formula is C17H20N4O3. The number of aromatic nitrogens is 2. The molecule has 24 heavy (non-hydrogen) atoms. The van der Waals surface area contributed by atoms with Gasteiger partial charge in [-0.05, 0) is 30.2 Å². The Labute approximate surface area is 140 Å². The van der Waals surface area contributed by atoms with Crippen LogP contribution < -0.4 is 10.6 Å². The summed E-state index contributed by atoms with van der Waals surface area (Å²) in [4.78, 5) is 32.1.